The van der Waals surface area contributed by atoms with Crippen molar-refractivity contribution in [2.45, 2.75) is 20.0 Å². The molecule has 0 fully saturated rings. The van der Waals surface area contributed by atoms with E-state index < -0.39 is 0 Å². The molecule has 0 spiro atoms. The van der Waals surface area contributed by atoms with Gasteiger partial charge < -0.3 is 5.32 Å². The number of hydrogen-bond donors (Lipinski definition) is 1. The number of aromatic nitrogens is 4. The molecular weight excluding hydrogens is 374 g/mol. The smallest absolute Gasteiger partial charge is 0.275 e. The Bertz CT molecular complexity index is 1200. The number of carbonyl (C=O) groups is 1. The molecule has 28 heavy (non-hydrogen) atoms. The van der Waals surface area contributed by atoms with Crippen LogP contribution in [0.1, 0.15) is 26.9 Å². The van der Waals surface area contributed by atoms with E-state index in [1.807, 2.05) is 43.3 Å². The largest absolute Gasteiger partial charge is 0.345 e. The van der Waals surface area contributed by atoms with Crippen molar-refractivity contribution in [1.29, 1.82) is 0 Å². The van der Waals surface area contributed by atoms with Gasteiger partial charge in [-0.1, -0.05) is 24.3 Å². The minimum atomic E-state index is -0.266. The van der Waals surface area contributed by atoms with Crippen molar-refractivity contribution in [1.82, 2.24) is 25.1 Å². The average molecular weight is 391 g/mol. The summed E-state index contributed by atoms with van der Waals surface area (Å²) >= 11 is 1.42. The number of rotatable bonds is 5. The number of fused-ring (bicyclic) bond motifs is 1. The molecule has 4 rings (SSSR count). The van der Waals surface area contributed by atoms with Crippen LogP contribution < -0.4 is 10.9 Å². The Hall–Kier alpha value is -3.39. The van der Waals surface area contributed by atoms with Gasteiger partial charge in [0, 0.05) is 17.0 Å². The van der Waals surface area contributed by atoms with Gasteiger partial charge >= 0.3 is 0 Å². The Morgan fingerprint density at radius 3 is 2.64 bits per heavy atom. The number of nitrogens with zero attached hydrogens (tertiary/aromatic N) is 4. The number of pyridine rings is 1. The van der Waals surface area contributed by atoms with Crippen molar-refractivity contribution in [2.75, 3.05) is 0 Å². The highest BCUT2D eigenvalue weighted by Gasteiger charge is 2.14. The van der Waals surface area contributed by atoms with Gasteiger partial charge in [0.15, 0.2) is 0 Å². The monoisotopic (exact) mass is 391 g/mol. The summed E-state index contributed by atoms with van der Waals surface area (Å²) in [5, 5.41) is 11.2. The zero-order chi connectivity index (χ0) is 19.5. The first-order valence-corrected chi connectivity index (χ1v) is 9.59. The van der Waals surface area contributed by atoms with Crippen LogP contribution in [0.15, 0.2) is 58.8 Å². The van der Waals surface area contributed by atoms with Crippen molar-refractivity contribution in [3.8, 4) is 0 Å². The Morgan fingerprint density at radius 2 is 1.93 bits per heavy atom. The summed E-state index contributed by atoms with van der Waals surface area (Å²) in [5.41, 5.74) is 1.55. The molecule has 0 saturated carbocycles. The summed E-state index contributed by atoms with van der Waals surface area (Å²) in [6, 6.07) is 12.8. The van der Waals surface area contributed by atoms with Crippen LogP contribution in [0.4, 0.5) is 0 Å². The lowest BCUT2D eigenvalue weighted by atomic mass is 10.1. The van der Waals surface area contributed by atoms with Gasteiger partial charge in [-0.25, -0.2) is 9.67 Å². The first-order chi connectivity index (χ1) is 13.6. The van der Waals surface area contributed by atoms with E-state index in [1.54, 1.807) is 17.6 Å². The van der Waals surface area contributed by atoms with E-state index in [-0.39, 0.29) is 24.6 Å². The van der Waals surface area contributed by atoms with E-state index in [0.717, 1.165) is 16.1 Å². The summed E-state index contributed by atoms with van der Waals surface area (Å²) in [5.74, 6) is -0.266. The Morgan fingerprint density at radius 1 is 1.14 bits per heavy atom. The Labute approximate surface area is 164 Å². The van der Waals surface area contributed by atoms with Crippen LogP contribution in [0.5, 0.6) is 0 Å². The van der Waals surface area contributed by atoms with Crippen molar-refractivity contribution in [2.24, 2.45) is 0 Å². The second kappa shape index (κ2) is 7.69. The highest BCUT2D eigenvalue weighted by molar-refractivity contribution is 7.09. The molecule has 0 aliphatic heterocycles. The average Bonchev–Trinajstić information content (AvgIpc) is 3.16. The SMILES string of the molecule is Cc1nc(C(=O)NCc2nn(Cc3ccccn3)c(=O)c3ccccc23)cs1. The van der Waals surface area contributed by atoms with Crippen LogP contribution in [0.3, 0.4) is 0 Å². The summed E-state index contributed by atoms with van der Waals surface area (Å²) in [6.45, 7) is 2.30. The van der Waals surface area contributed by atoms with Crippen molar-refractivity contribution in [3.63, 3.8) is 0 Å². The third-order valence-corrected chi connectivity index (χ3v) is 5.02. The predicted molar refractivity (Wildman–Crippen MR) is 107 cm³/mol. The van der Waals surface area contributed by atoms with Gasteiger partial charge in [0.2, 0.25) is 0 Å². The molecule has 0 saturated heterocycles. The van der Waals surface area contributed by atoms with Gasteiger partial charge in [-0.05, 0) is 25.1 Å². The molecular formula is C20H17N5O2S. The predicted octanol–water partition coefficient (Wildman–Crippen LogP) is 2.53. The standard InChI is InChI=1S/C20H17N5O2S/c1-13-23-18(12-28-13)19(26)22-10-17-15-7-2-3-8-16(15)20(27)25(24-17)11-14-6-4-5-9-21-14/h2-9,12H,10-11H2,1H3,(H,22,26). The summed E-state index contributed by atoms with van der Waals surface area (Å²) in [6.07, 6.45) is 1.68. The number of thiazole rings is 1. The molecule has 140 valence electrons. The molecule has 3 aromatic heterocycles. The summed E-state index contributed by atoms with van der Waals surface area (Å²) in [7, 11) is 0. The Kier molecular flexibility index (Phi) is 4.94. The number of carbonyl (C=O) groups excluding carboxylic acids is 1. The van der Waals surface area contributed by atoms with E-state index in [0.29, 0.717) is 16.8 Å². The molecule has 7 nitrogen and oxygen atoms in total. The van der Waals surface area contributed by atoms with Gasteiger partial charge in [-0.3, -0.25) is 14.6 Å². The van der Waals surface area contributed by atoms with Gasteiger partial charge in [0.25, 0.3) is 11.5 Å². The number of benzene rings is 1. The van der Waals surface area contributed by atoms with Crippen LogP contribution >= 0.6 is 11.3 Å². The molecule has 0 aliphatic carbocycles. The fraction of sp³-hybridized carbons (Fsp3) is 0.150. The topological polar surface area (TPSA) is 89.8 Å². The second-order valence-corrected chi connectivity index (χ2v) is 7.27. The highest BCUT2D eigenvalue weighted by atomic mass is 32.1. The maximum absolute atomic E-state index is 12.8. The van der Waals surface area contributed by atoms with Crippen LogP contribution in [-0.4, -0.2) is 25.7 Å². The quantitative estimate of drug-likeness (QED) is 0.565. The minimum Gasteiger partial charge on any atom is -0.345 e. The van der Waals surface area contributed by atoms with Crippen molar-refractivity contribution in [3.05, 3.63) is 86.5 Å². The van der Waals surface area contributed by atoms with Crippen LogP contribution in [0.2, 0.25) is 0 Å². The number of amides is 1. The van der Waals surface area contributed by atoms with Crippen LogP contribution in [-0.2, 0) is 13.1 Å². The van der Waals surface area contributed by atoms with E-state index in [9.17, 15) is 9.59 Å². The fourth-order valence-corrected chi connectivity index (χ4v) is 3.50. The van der Waals surface area contributed by atoms with E-state index >= 15 is 0 Å². The fourth-order valence-electron chi connectivity index (χ4n) is 2.91. The zero-order valence-corrected chi connectivity index (χ0v) is 15.9. The third-order valence-electron chi connectivity index (χ3n) is 4.25. The van der Waals surface area contributed by atoms with Crippen LogP contribution in [0.25, 0.3) is 10.8 Å². The first kappa shape index (κ1) is 18.0. The number of aryl methyl sites for hydroxylation is 1. The zero-order valence-electron chi connectivity index (χ0n) is 15.1. The molecule has 1 amide bonds. The third kappa shape index (κ3) is 3.67. The van der Waals surface area contributed by atoms with Gasteiger partial charge in [-0.15, -0.1) is 11.3 Å². The molecule has 1 N–H and O–H groups in total. The lowest BCUT2D eigenvalue weighted by molar-refractivity contribution is 0.0946. The van der Waals surface area contributed by atoms with E-state index in [1.165, 1.54) is 16.0 Å². The van der Waals surface area contributed by atoms with E-state index in [2.05, 4.69) is 20.4 Å². The lowest BCUT2D eigenvalue weighted by Crippen LogP contribution is -2.29. The molecule has 0 radical (unpaired) electrons. The van der Waals surface area contributed by atoms with Crippen molar-refractivity contribution >= 4 is 28.0 Å². The minimum absolute atomic E-state index is 0.188. The maximum Gasteiger partial charge on any atom is 0.275 e. The van der Waals surface area contributed by atoms with Crippen molar-refractivity contribution < 1.29 is 4.79 Å². The Balaban J connectivity index is 1.67. The molecule has 4 aromatic rings. The van der Waals surface area contributed by atoms with Gasteiger partial charge in [-0.2, -0.15) is 5.10 Å². The second-order valence-electron chi connectivity index (χ2n) is 6.21. The highest BCUT2D eigenvalue weighted by Crippen LogP contribution is 2.14. The molecule has 0 unspecified atom stereocenters. The normalized spacial score (nSPS) is 10.9. The molecule has 3 heterocycles. The first-order valence-electron chi connectivity index (χ1n) is 8.71. The summed E-state index contributed by atoms with van der Waals surface area (Å²) in [4.78, 5) is 33.6. The molecule has 0 aliphatic rings. The maximum atomic E-state index is 12.8. The lowest BCUT2D eigenvalue weighted by Gasteiger charge is -2.11. The molecule has 0 atom stereocenters. The summed E-state index contributed by atoms with van der Waals surface area (Å²) < 4.78 is 1.39. The van der Waals surface area contributed by atoms with Gasteiger partial charge in [0.05, 0.1) is 34.9 Å². The van der Waals surface area contributed by atoms with E-state index in [4.69, 9.17) is 0 Å². The molecule has 0 bridgehead atoms. The number of nitrogens with one attached hydrogen (secondary N) is 1. The van der Waals surface area contributed by atoms with Gasteiger partial charge in [0.1, 0.15) is 5.69 Å². The van der Waals surface area contributed by atoms with Crippen LogP contribution in [0, 0.1) is 6.92 Å². The number of hydrogen-bond acceptors (Lipinski definition) is 6. The molecule has 1 aromatic carbocycles. The molecule has 8 heteroatoms.